The van der Waals surface area contributed by atoms with Crippen molar-refractivity contribution in [3.8, 4) is 0 Å². The van der Waals surface area contributed by atoms with Gasteiger partial charge >= 0.3 is 0 Å². The number of hydrogen-bond donors (Lipinski definition) is 1. The van der Waals surface area contributed by atoms with Gasteiger partial charge in [-0.3, -0.25) is 14.5 Å². The summed E-state index contributed by atoms with van der Waals surface area (Å²) in [5.74, 6) is -0.133. The summed E-state index contributed by atoms with van der Waals surface area (Å²) in [6, 6.07) is 16.8. The molecule has 0 saturated carbocycles. The van der Waals surface area contributed by atoms with E-state index in [1.54, 1.807) is 9.80 Å². The van der Waals surface area contributed by atoms with Crippen molar-refractivity contribution in [2.45, 2.75) is 26.8 Å². The van der Waals surface area contributed by atoms with Gasteiger partial charge in [-0.1, -0.05) is 48.0 Å². The summed E-state index contributed by atoms with van der Waals surface area (Å²) in [6.45, 7) is 7.34. The predicted octanol–water partition coefficient (Wildman–Crippen LogP) is 3.48. The van der Waals surface area contributed by atoms with E-state index in [9.17, 15) is 9.59 Å². The summed E-state index contributed by atoms with van der Waals surface area (Å²) < 4.78 is 0. The number of nitrogens with one attached hydrogen (secondary N) is 1. The largest absolute Gasteiger partial charge is 0.342 e. The van der Waals surface area contributed by atoms with Gasteiger partial charge in [0.1, 0.15) is 6.04 Å². The first kappa shape index (κ1) is 20.6. The fourth-order valence-electron chi connectivity index (χ4n) is 3.08. The van der Waals surface area contributed by atoms with E-state index in [1.165, 1.54) is 0 Å². The van der Waals surface area contributed by atoms with E-state index in [0.29, 0.717) is 13.1 Å². The molecule has 2 aromatic carbocycles. The molecule has 2 amide bonds. The fourth-order valence-corrected chi connectivity index (χ4v) is 3.08. The highest BCUT2D eigenvalue weighted by atomic mass is 16.2. The van der Waals surface area contributed by atoms with Gasteiger partial charge in [0.25, 0.3) is 0 Å². The van der Waals surface area contributed by atoms with Crippen LogP contribution in [0, 0.1) is 6.92 Å². The molecule has 0 radical (unpaired) electrons. The monoisotopic (exact) mass is 367 g/mol. The van der Waals surface area contributed by atoms with Crippen molar-refractivity contribution in [2.24, 2.45) is 0 Å². The van der Waals surface area contributed by atoms with E-state index < -0.39 is 6.04 Å². The van der Waals surface area contributed by atoms with Crippen molar-refractivity contribution >= 4 is 17.5 Å². The predicted molar refractivity (Wildman–Crippen MR) is 110 cm³/mol. The molecule has 144 valence electrons. The van der Waals surface area contributed by atoms with Crippen LogP contribution in [0.1, 0.15) is 31.0 Å². The zero-order chi connectivity index (χ0) is 19.8. The molecular formula is C22H29N3O2. The van der Waals surface area contributed by atoms with Gasteiger partial charge in [-0.2, -0.15) is 0 Å². The van der Waals surface area contributed by atoms with Crippen LogP contribution in [0.5, 0.6) is 0 Å². The molecule has 27 heavy (non-hydrogen) atoms. The average Bonchev–Trinajstić information content (AvgIpc) is 2.65. The van der Waals surface area contributed by atoms with Crippen LogP contribution >= 0.6 is 0 Å². The topological polar surface area (TPSA) is 52.7 Å². The molecule has 0 fully saturated rings. The van der Waals surface area contributed by atoms with E-state index in [1.807, 2.05) is 82.4 Å². The lowest BCUT2D eigenvalue weighted by Crippen LogP contribution is -2.44. The first-order valence-corrected chi connectivity index (χ1v) is 9.36. The zero-order valence-corrected chi connectivity index (χ0v) is 16.6. The van der Waals surface area contributed by atoms with Crippen LogP contribution in [0.4, 0.5) is 5.69 Å². The van der Waals surface area contributed by atoms with Gasteiger partial charge in [-0.05, 0) is 45.5 Å². The molecule has 0 unspecified atom stereocenters. The number of carbonyl (C=O) groups excluding carboxylic acids is 2. The fraction of sp³-hybridized carbons (Fsp3) is 0.364. The Morgan fingerprint density at radius 2 is 1.56 bits per heavy atom. The molecule has 0 bridgehead atoms. The average molecular weight is 367 g/mol. The number of carbonyl (C=O) groups is 2. The van der Waals surface area contributed by atoms with Gasteiger partial charge in [-0.25, -0.2) is 0 Å². The summed E-state index contributed by atoms with van der Waals surface area (Å²) in [5, 5.41) is 2.90. The van der Waals surface area contributed by atoms with E-state index in [0.717, 1.165) is 16.8 Å². The number of likely N-dealkylation sites (N-methyl/N-ethyl adjacent to an activating group) is 2. The highest BCUT2D eigenvalue weighted by molar-refractivity contribution is 5.93. The molecule has 0 saturated heterocycles. The van der Waals surface area contributed by atoms with Crippen molar-refractivity contribution in [2.75, 3.05) is 32.0 Å². The third-order valence-corrected chi connectivity index (χ3v) is 4.59. The third kappa shape index (κ3) is 5.66. The van der Waals surface area contributed by atoms with Crippen molar-refractivity contribution in [1.29, 1.82) is 0 Å². The maximum Gasteiger partial charge on any atom is 0.244 e. The molecule has 0 aromatic heterocycles. The molecule has 0 aliphatic rings. The molecule has 2 rings (SSSR count). The molecule has 0 aliphatic carbocycles. The Morgan fingerprint density at radius 3 is 2.11 bits per heavy atom. The summed E-state index contributed by atoms with van der Waals surface area (Å²) in [5.41, 5.74) is 2.78. The van der Waals surface area contributed by atoms with Crippen LogP contribution in [0.3, 0.4) is 0 Å². The Balaban J connectivity index is 2.15. The molecular weight excluding hydrogens is 338 g/mol. The quantitative estimate of drug-likeness (QED) is 0.777. The van der Waals surface area contributed by atoms with Gasteiger partial charge in [0, 0.05) is 18.8 Å². The zero-order valence-electron chi connectivity index (χ0n) is 16.6. The lowest BCUT2D eigenvalue weighted by molar-refractivity contribution is -0.137. The highest BCUT2D eigenvalue weighted by Gasteiger charge is 2.29. The normalized spacial score (nSPS) is 11.9. The summed E-state index contributed by atoms with van der Waals surface area (Å²) in [6.07, 6.45) is 0. The molecule has 5 heteroatoms. The Labute approximate surface area is 162 Å². The molecule has 0 aliphatic heterocycles. The van der Waals surface area contributed by atoms with E-state index >= 15 is 0 Å². The second-order valence-corrected chi connectivity index (χ2v) is 6.65. The lowest BCUT2D eigenvalue weighted by atomic mass is 10.0. The van der Waals surface area contributed by atoms with Crippen LogP contribution in [0.2, 0.25) is 0 Å². The Morgan fingerprint density at radius 1 is 0.963 bits per heavy atom. The van der Waals surface area contributed by atoms with Crippen molar-refractivity contribution in [3.05, 3.63) is 65.7 Å². The maximum absolute atomic E-state index is 13.1. The van der Waals surface area contributed by atoms with Crippen LogP contribution in [0.25, 0.3) is 0 Å². The van der Waals surface area contributed by atoms with Gasteiger partial charge in [0.15, 0.2) is 0 Å². The molecule has 5 nitrogen and oxygen atoms in total. The summed E-state index contributed by atoms with van der Waals surface area (Å²) in [4.78, 5) is 29.2. The van der Waals surface area contributed by atoms with Crippen LogP contribution in [-0.2, 0) is 9.59 Å². The van der Waals surface area contributed by atoms with Crippen LogP contribution in [-0.4, -0.2) is 48.3 Å². The van der Waals surface area contributed by atoms with E-state index in [-0.39, 0.29) is 18.4 Å². The molecule has 1 N–H and O–H groups in total. The number of nitrogens with zero attached hydrogens (tertiary/aromatic N) is 2. The minimum absolute atomic E-state index is 0.0110. The molecule has 2 aromatic rings. The number of hydrogen-bond acceptors (Lipinski definition) is 3. The highest BCUT2D eigenvalue weighted by Crippen LogP contribution is 2.22. The minimum atomic E-state index is -0.491. The summed E-state index contributed by atoms with van der Waals surface area (Å²) in [7, 11) is 1.81. The van der Waals surface area contributed by atoms with Crippen LogP contribution < -0.4 is 5.32 Å². The van der Waals surface area contributed by atoms with Crippen LogP contribution in [0.15, 0.2) is 54.6 Å². The summed E-state index contributed by atoms with van der Waals surface area (Å²) >= 11 is 0. The second-order valence-electron chi connectivity index (χ2n) is 6.65. The SMILES string of the molecule is CCN(CC)C(=O)[C@H](c1ccccc1)N(C)CC(=O)Nc1ccc(C)cc1. The number of benzene rings is 2. The van der Waals surface area contributed by atoms with E-state index in [2.05, 4.69) is 5.32 Å². The van der Waals surface area contributed by atoms with Gasteiger partial charge in [0.05, 0.1) is 6.54 Å². The number of rotatable bonds is 8. The van der Waals surface area contributed by atoms with E-state index in [4.69, 9.17) is 0 Å². The Bertz CT molecular complexity index is 740. The van der Waals surface area contributed by atoms with Crippen molar-refractivity contribution in [3.63, 3.8) is 0 Å². The second kappa shape index (κ2) is 9.88. The standard InChI is InChI=1S/C22H29N3O2/c1-5-25(6-2)22(27)21(18-10-8-7-9-11-18)24(4)16-20(26)23-19-14-12-17(3)13-15-19/h7-15,21H,5-6,16H2,1-4H3,(H,23,26)/t21-/m0/s1. The minimum Gasteiger partial charge on any atom is -0.342 e. The smallest absolute Gasteiger partial charge is 0.244 e. The van der Waals surface area contributed by atoms with Crippen molar-refractivity contribution in [1.82, 2.24) is 9.80 Å². The number of anilines is 1. The van der Waals surface area contributed by atoms with Gasteiger partial charge in [0.2, 0.25) is 11.8 Å². The maximum atomic E-state index is 13.1. The Hall–Kier alpha value is -2.66. The first-order valence-electron chi connectivity index (χ1n) is 9.36. The van der Waals surface area contributed by atoms with Crippen molar-refractivity contribution < 1.29 is 9.59 Å². The third-order valence-electron chi connectivity index (χ3n) is 4.59. The molecule has 0 heterocycles. The number of amides is 2. The molecule has 1 atom stereocenters. The first-order chi connectivity index (χ1) is 13.0. The number of aryl methyl sites for hydroxylation is 1. The van der Waals surface area contributed by atoms with Gasteiger partial charge in [-0.15, -0.1) is 0 Å². The lowest BCUT2D eigenvalue weighted by Gasteiger charge is -2.31. The molecule has 0 spiro atoms. The van der Waals surface area contributed by atoms with Gasteiger partial charge < -0.3 is 10.2 Å². The Kier molecular flexibility index (Phi) is 7.55.